The number of piperazine rings is 1. The standard InChI is InChI=1S/C28H32N4O3/c1-29-18-20-6-8-25-24(15-20)21(19-30-25)5-3-4-10-31-11-13-32(14-12-31)23-7-9-26-22(16-23)17-27(35-26)28(33)34-2/h6-9,15-19,30H,3-5,10-14H2,1-2H3. The summed E-state index contributed by atoms with van der Waals surface area (Å²) in [5.74, 6) is -0.205. The molecule has 1 N–H and O–H groups in total. The second kappa shape index (κ2) is 10.4. The number of aryl methyl sites for hydroxylation is 1. The van der Waals surface area contributed by atoms with Crippen molar-refractivity contribution in [2.45, 2.75) is 19.3 Å². The summed E-state index contributed by atoms with van der Waals surface area (Å²) in [4.78, 5) is 24.2. The lowest BCUT2D eigenvalue weighted by atomic mass is 10.0. The highest BCUT2D eigenvalue weighted by molar-refractivity contribution is 5.93. The lowest BCUT2D eigenvalue weighted by molar-refractivity contribution is 0.0567. The SMILES string of the molecule is CN=Cc1ccc2[nH]cc(CCCCN3CCN(c4ccc5oc(C(=O)OC)cc5c4)CC3)c2c1. The highest BCUT2D eigenvalue weighted by Crippen LogP contribution is 2.26. The van der Waals surface area contributed by atoms with E-state index in [9.17, 15) is 4.79 Å². The minimum atomic E-state index is -0.447. The summed E-state index contributed by atoms with van der Waals surface area (Å²) in [6.07, 6.45) is 7.52. The Kier molecular flexibility index (Phi) is 6.86. The number of hydrogen-bond acceptors (Lipinski definition) is 6. The molecule has 0 aliphatic carbocycles. The predicted octanol–water partition coefficient (Wildman–Crippen LogP) is 4.89. The summed E-state index contributed by atoms with van der Waals surface area (Å²) in [6, 6.07) is 14.3. The minimum absolute atomic E-state index is 0.243. The Morgan fingerprint density at radius 3 is 2.77 bits per heavy atom. The van der Waals surface area contributed by atoms with Crippen LogP contribution >= 0.6 is 0 Å². The summed E-state index contributed by atoms with van der Waals surface area (Å²) in [6.45, 7) is 5.25. The van der Waals surface area contributed by atoms with Gasteiger partial charge in [0.2, 0.25) is 5.76 Å². The molecule has 182 valence electrons. The van der Waals surface area contributed by atoms with Crippen molar-refractivity contribution in [3.8, 4) is 0 Å². The number of unbranched alkanes of at least 4 members (excludes halogenated alkanes) is 1. The first-order valence-corrected chi connectivity index (χ1v) is 12.3. The van der Waals surface area contributed by atoms with Crippen LogP contribution in [-0.4, -0.2) is 68.9 Å². The molecule has 0 radical (unpaired) electrons. The van der Waals surface area contributed by atoms with Crippen LogP contribution in [0.1, 0.15) is 34.5 Å². The van der Waals surface area contributed by atoms with Crippen molar-refractivity contribution >= 4 is 39.7 Å². The molecule has 1 fully saturated rings. The fourth-order valence-corrected chi connectivity index (χ4v) is 4.94. The normalized spacial score (nSPS) is 15.0. The van der Waals surface area contributed by atoms with Gasteiger partial charge < -0.3 is 19.0 Å². The zero-order valence-corrected chi connectivity index (χ0v) is 20.4. The zero-order valence-electron chi connectivity index (χ0n) is 20.4. The number of benzene rings is 2. The zero-order chi connectivity index (χ0) is 24.2. The number of furan rings is 1. The number of esters is 1. The number of aliphatic imine (C=N–C) groups is 1. The third-order valence-corrected chi connectivity index (χ3v) is 6.86. The average molecular weight is 473 g/mol. The van der Waals surface area contributed by atoms with E-state index in [2.05, 4.69) is 56.3 Å². The molecule has 0 atom stereocenters. The smallest absolute Gasteiger partial charge is 0.373 e. The first-order valence-electron chi connectivity index (χ1n) is 12.3. The number of carbonyl (C=O) groups excluding carboxylic acids is 1. The van der Waals surface area contributed by atoms with Crippen LogP contribution in [0.25, 0.3) is 21.9 Å². The second-order valence-electron chi connectivity index (χ2n) is 9.12. The van der Waals surface area contributed by atoms with E-state index in [0.717, 1.165) is 50.1 Å². The molecule has 0 amide bonds. The van der Waals surface area contributed by atoms with E-state index in [1.54, 1.807) is 6.07 Å². The van der Waals surface area contributed by atoms with Crippen molar-refractivity contribution in [1.82, 2.24) is 9.88 Å². The van der Waals surface area contributed by atoms with Crippen molar-refractivity contribution in [2.75, 3.05) is 51.8 Å². The van der Waals surface area contributed by atoms with Gasteiger partial charge in [-0.3, -0.25) is 9.89 Å². The van der Waals surface area contributed by atoms with Gasteiger partial charge in [0.1, 0.15) is 5.58 Å². The van der Waals surface area contributed by atoms with Gasteiger partial charge in [0.05, 0.1) is 7.11 Å². The van der Waals surface area contributed by atoms with Gasteiger partial charge in [-0.1, -0.05) is 6.07 Å². The van der Waals surface area contributed by atoms with E-state index in [1.165, 1.54) is 42.1 Å². The molecular weight excluding hydrogens is 440 g/mol. The van der Waals surface area contributed by atoms with Crippen LogP contribution in [0, 0.1) is 0 Å². The topological polar surface area (TPSA) is 74.1 Å². The fourth-order valence-electron chi connectivity index (χ4n) is 4.94. The first kappa shape index (κ1) is 23.2. The minimum Gasteiger partial charge on any atom is -0.463 e. The largest absolute Gasteiger partial charge is 0.463 e. The van der Waals surface area contributed by atoms with Crippen molar-refractivity contribution in [3.63, 3.8) is 0 Å². The molecule has 2 aromatic carbocycles. The maximum Gasteiger partial charge on any atom is 0.373 e. The molecule has 0 spiro atoms. The van der Waals surface area contributed by atoms with E-state index in [-0.39, 0.29) is 5.76 Å². The second-order valence-corrected chi connectivity index (χ2v) is 9.12. The van der Waals surface area contributed by atoms with Gasteiger partial charge in [-0.05, 0) is 73.3 Å². The summed E-state index contributed by atoms with van der Waals surface area (Å²) in [7, 11) is 3.17. The van der Waals surface area contributed by atoms with Crippen LogP contribution in [0.2, 0.25) is 0 Å². The number of nitrogens with one attached hydrogen (secondary N) is 1. The van der Waals surface area contributed by atoms with Crippen LogP contribution < -0.4 is 4.90 Å². The lowest BCUT2D eigenvalue weighted by Gasteiger charge is -2.36. The molecule has 1 saturated heterocycles. The van der Waals surface area contributed by atoms with Gasteiger partial charge in [0, 0.05) is 67.6 Å². The summed E-state index contributed by atoms with van der Waals surface area (Å²) in [5, 5.41) is 2.24. The number of aromatic nitrogens is 1. The van der Waals surface area contributed by atoms with Gasteiger partial charge in [-0.2, -0.15) is 0 Å². The Hall–Kier alpha value is -3.58. The predicted molar refractivity (Wildman–Crippen MR) is 141 cm³/mol. The maximum absolute atomic E-state index is 11.7. The highest BCUT2D eigenvalue weighted by Gasteiger charge is 2.19. The fraction of sp³-hybridized carbons (Fsp3) is 0.357. The van der Waals surface area contributed by atoms with Crippen LogP contribution in [0.4, 0.5) is 5.69 Å². The number of methoxy groups -OCH3 is 1. The molecule has 7 heteroatoms. The van der Waals surface area contributed by atoms with Crippen LogP contribution in [0.15, 0.2) is 58.1 Å². The van der Waals surface area contributed by atoms with E-state index in [1.807, 2.05) is 19.3 Å². The van der Waals surface area contributed by atoms with Gasteiger partial charge in [0.25, 0.3) is 0 Å². The van der Waals surface area contributed by atoms with Crippen LogP contribution in [0.3, 0.4) is 0 Å². The number of anilines is 1. The summed E-state index contributed by atoms with van der Waals surface area (Å²) >= 11 is 0. The Labute approximate surface area is 205 Å². The molecule has 7 nitrogen and oxygen atoms in total. The molecule has 5 rings (SSSR count). The van der Waals surface area contributed by atoms with E-state index in [0.29, 0.717) is 5.58 Å². The number of nitrogens with zero attached hydrogens (tertiary/aromatic N) is 3. The van der Waals surface area contributed by atoms with Crippen molar-refractivity contribution < 1.29 is 13.9 Å². The van der Waals surface area contributed by atoms with Gasteiger partial charge in [0.15, 0.2) is 0 Å². The molecule has 1 aliphatic rings. The third kappa shape index (κ3) is 5.10. The third-order valence-electron chi connectivity index (χ3n) is 6.86. The molecule has 0 bridgehead atoms. The Bertz CT molecular complexity index is 1350. The Morgan fingerprint density at radius 1 is 1.11 bits per heavy atom. The van der Waals surface area contributed by atoms with Gasteiger partial charge >= 0.3 is 5.97 Å². The number of hydrogen-bond donors (Lipinski definition) is 1. The summed E-state index contributed by atoms with van der Waals surface area (Å²) < 4.78 is 10.4. The number of fused-ring (bicyclic) bond motifs is 2. The maximum atomic E-state index is 11.7. The van der Waals surface area contributed by atoms with Crippen molar-refractivity contribution in [3.05, 3.63) is 65.5 Å². The molecule has 1 aliphatic heterocycles. The Morgan fingerprint density at radius 2 is 1.97 bits per heavy atom. The highest BCUT2D eigenvalue weighted by atomic mass is 16.5. The van der Waals surface area contributed by atoms with Crippen LogP contribution in [0.5, 0.6) is 0 Å². The van der Waals surface area contributed by atoms with Gasteiger partial charge in [-0.15, -0.1) is 0 Å². The molecule has 2 aromatic heterocycles. The van der Waals surface area contributed by atoms with Gasteiger partial charge in [-0.25, -0.2) is 4.79 Å². The number of H-pyrrole nitrogens is 1. The quantitative estimate of drug-likeness (QED) is 0.224. The van der Waals surface area contributed by atoms with E-state index >= 15 is 0 Å². The molecule has 35 heavy (non-hydrogen) atoms. The average Bonchev–Trinajstić information content (AvgIpc) is 3.50. The monoisotopic (exact) mass is 472 g/mol. The molecule has 0 unspecified atom stereocenters. The first-order chi connectivity index (χ1) is 17.1. The van der Waals surface area contributed by atoms with Crippen molar-refractivity contribution in [2.24, 2.45) is 4.99 Å². The van der Waals surface area contributed by atoms with E-state index < -0.39 is 5.97 Å². The van der Waals surface area contributed by atoms with Crippen LogP contribution in [-0.2, 0) is 11.2 Å². The van der Waals surface area contributed by atoms with Crippen molar-refractivity contribution in [1.29, 1.82) is 0 Å². The molecule has 0 saturated carbocycles. The summed E-state index contributed by atoms with van der Waals surface area (Å²) in [5.41, 5.74) is 5.61. The lowest BCUT2D eigenvalue weighted by Crippen LogP contribution is -2.46. The molecule has 3 heterocycles. The molecule has 4 aromatic rings. The number of ether oxygens (including phenoxy) is 1. The Balaban J connectivity index is 1.10. The number of rotatable bonds is 8. The number of carbonyl (C=O) groups is 1. The van der Waals surface area contributed by atoms with E-state index in [4.69, 9.17) is 9.15 Å². The molecular formula is C28H32N4O3. The number of aromatic amines is 1.